The summed E-state index contributed by atoms with van der Waals surface area (Å²) in [6.45, 7) is 2.81. The zero-order valence-corrected chi connectivity index (χ0v) is 28.1. The van der Waals surface area contributed by atoms with Crippen molar-refractivity contribution in [1.82, 2.24) is 24.8 Å². The maximum Gasteiger partial charge on any atom is 0.271 e. The number of halogens is 2. The Kier molecular flexibility index (Phi) is 9.70. The van der Waals surface area contributed by atoms with Crippen LogP contribution in [0.3, 0.4) is 0 Å². The maximum atomic E-state index is 13.0. The summed E-state index contributed by atoms with van der Waals surface area (Å²) in [7, 11) is 0. The molecule has 4 atom stereocenters. The summed E-state index contributed by atoms with van der Waals surface area (Å²) in [4.78, 5) is 26.0. The molecule has 1 aliphatic rings. The first-order valence-electron chi connectivity index (χ1n) is 15.9. The van der Waals surface area contributed by atoms with E-state index in [1.165, 1.54) is 6.20 Å². The number of carbonyl (C=O) groups is 1. The molecule has 1 saturated heterocycles. The van der Waals surface area contributed by atoms with Gasteiger partial charge in [0.2, 0.25) is 0 Å². The Bertz CT molecular complexity index is 2090. The minimum atomic E-state index is -0.659. The molecule has 1 aliphatic heterocycles. The summed E-state index contributed by atoms with van der Waals surface area (Å²) in [5, 5.41) is 13.2. The molecule has 0 aliphatic carbocycles. The summed E-state index contributed by atoms with van der Waals surface area (Å²) in [6.07, 6.45) is 1.89. The van der Waals surface area contributed by atoms with Crippen molar-refractivity contribution < 1.29 is 19.4 Å². The van der Waals surface area contributed by atoms with Crippen molar-refractivity contribution in [1.29, 1.82) is 0 Å². The average molecular weight is 695 g/mol. The molecule has 2 aromatic heterocycles. The van der Waals surface area contributed by atoms with E-state index in [0.29, 0.717) is 23.8 Å². The summed E-state index contributed by atoms with van der Waals surface area (Å²) in [5.74, 6) is -0.339. The van der Waals surface area contributed by atoms with E-state index in [1.54, 1.807) is 10.9 Å². The number of amides is 1. The van der Waals surface area contributed by atoms with E-state index in [-0.39, 0.29) is 41.5 Å². The molecule has 0 radical (unpaired) electrons. The molecule has 7 rings (SSSR count). The number of carbonyl (C=O) groups excluding carboxylic acids is 1. The van der Waals surface area contributed by atoms with Gasteiger partial charge in [0.25, 0.3) is 5.91 Å². The number of ether oxygens (including phenoxy) is 2. The van der Waals surface area contributed by atoms with Gasteiger partial charge < -0.3 is 24.5 Å². The van der Waals surface area contributed by atoms with Crippen molar-refractivity contribution in [3.8, 4) is 11.1 Å². The monoisotopic (exact) mass is 693 g/mol. The number of imidazole rings is 1. The van der Waals surface area contributed by atoms with Crippen molar-refractivity contribution in [3.05, 3.63) is 148 Å². The van der Waals surface area contributed by atoms with Crippen LogP contribution in [0, 0.1) is 5.92 Å². The first-order chi connectivity index (χ1) is 23.9. The van der Waals surface area contributed by atoms with Crippen LogP contribution in [0.1, 0.15) is 52.1 Å². The van der Waals surface area contributed by atoms with Crippen LogP contribution in [0.15, 0.2) is 110 Å². The van der Waals surface area contributed by atoms with Gasteiger partial charge in [-0.15, -0.1) is 0 Å². The standard InChI is InChI=1S/C38H33Cl2N5O4/c1-23-33(20-45-22-43-35(39)36(45)40)48-38(49-34(23)26-12-10-24(21-46)11-13-26)27-16-14-25(15-17-27)29-7-3-2-6-28(29)18-42-37(47)32-19-41-30-8-4-5-9-31(30)44-32/h2-17,19,22-23,33-34,38,46H,18,20-21H2,1H3,(H,42,47)/t23-,33+,34+,38+/m0/s1. The van der Waals surface area contributed by atoms with Gasteiger partial charge in [0.05, 0.1) is 48.9 Å². The molecule has 0 saturated carbocycles. The predicted molar refractivity (Wildman–Crippen MR) is 188 cm³/mol. The van der Waals surface area contributed by atoms with Crippen molar-refractivity contribution in [2.45, 2.75) is 45.1 Å². The minimum Gasteiger partial charge on any atom is -0.392 e. The van der Waals surface area contributed by atoms with E-state index in [0.717, 1.165) is 38.9 Å². The van der Waals surface area contributed by atoms with Crippen molar-refractivity contribution >= 4 is 40.1 Å². The molecule has 0 unspecified atom stereocenters. The number of nitrogens with zero attached hydrogens (tertiary/aromatic N) is 4. The molecule has 0 spiro atoms. The summed E-state index contributed by atoms with van der Waals surface area (Å²) >= 11 is 12.6. The molecule has 11 heteroatoms. The zero-order valence-electron chi connectivity index (χ0n) is 26.5. The van der Waals surface area contributed by atoms with E-state index in [9.17, 15) is 9.90 Å². The summed E-state index contributed by atoms with van der Waals surface area (Å²) < 4.78 is 15.0. The molecular weight excluding hydrogens is 661 g/mol. The number of rotatable bonds is 9. The molecule has 4 aromatic carbocycles. The second-order valence-electron chi connectivity index (χ2n) is 12.0. The zero-order chi connectivity index (χ0) is 33.9. The van der Waals surface area contributed by atoms with E-state index in [4.69, 9.17) is 32.7 Å². The average Bonchev–Trinajstić information content (AvgIpc) is 3.47. The second kappa shape index (κ2) is 14.5. The van der Waals surface area contributed by atoms with Gasteiger partial charge in [0.1, 0.15) is 10.8 Å². The maximum absolute atomic E-state index is 13.0. The first-order valence-corrected chi connectivity index (χ1v) is 16.7. The Morgan fingerprint density at radius 1 is 0.878 bits per heavy atom. The number of hydrogen-bond acceptors (Lipinski definition) is 7. The third kappa shape index (κ3) is 7.08. The summed E-state index contributed by atoms with van der Waals surface area (Å²) in [5.41, 5.74) is 7.27. The highest BCUT2D eigenvalue weighted by molar-refractivity contribution is 6.40. The lowest BCUT2D eigenvalue weighted by atomic mass is 9.90. The number of aromatic nitrogens is 4. The number of hydrogen-bond donors (Lipinski definition) is 2. The van der Waals surface area contributed by atoms with Gasteiger partial charge in [-0.25, -0.2) is 9.97 Å². The smallest absolute Gasteiger partial charge is 0.271 e. The fraction of sp³-hybridized carbons (Fsp3) is 0.211. The second-order valence-corrected chi connectivity index (χ2v) is 12.7. The fourth-order valence-electron chi connectivity index (χ4n) is 6.10. The molecule has 1 fully saturated rings. The SMILES string of the molecule is C[C@H]1[C@@H](Cn2cnc(Cl)c2Cl)O[C@@H](c2ccc(-c3ccccc3CNC(=O)c3cnc4ccccc4n3)cc2)O[C@H]1c1ccc(CO)cc1. The highest BCUT2D eigenvalue weighted by Crippen LogP contribution is 2.43. The topological polar surface area (TPSA) is 111 Å². The van der Waals surface area contributed by atoms with Gasteiger partial charge >= 0.3 is 0 Å². The van der Waals surface area contributed by atoms with Crippen molar-refractivity contribution in [2.24, 2.45) is 5.92 Å². The molecule has 9 nitrogen and oxygen atoms in total. The molecular formula is C38H33Cl2N5O4. The lowest BCUT2D eigenvalue weighted by Crippen LogP contribution is -2.39. The molecule has 1 amide bonds. The Hall–Kier alpha value is -4.64. The number of aliphatic hydroxyl groups is 1. The first kappa shape index (κ1) is 32.9. The molecule has 49 heavy (non-hydrogen) atoms. The van der Waals surface area contributed by atoms with Crippen molar-refractivity contribution in [2.75, 3.05) is 0 Å². The number of benzene rings is 4. The Morgan fingerprint density at radius 2 is 1.59 bits per heavy atom. The van der Waals surface area contributed by atoms with E-state index in [1.807, 2.05) is 97.1 Å². The van der Waals surface area contributed by atoms with Crippen LogP contribution in [0.4, 0.5) is 0 Å². The molecule has 2 N–H and O–H groups in total. The van der Waals surface area contributed by atoms with Crippen LogP contribution in [0.5, 0.6) is 0 Å². The number of nitrogens with one attached hydrogen (secondary N) is 1. The Balaban J connectivity index is 1.10. The molecule has 0 bridgehead atoms. The minimum absolute atomic E-state index is 0.0312. The van der Waals surface area contributed by atoms with Crippen LogP contribution >= 0.6 is 23.2 Å². The molecule has 3 heterocycles. The third-order valence-corrected chi connectivity index (χ3v) is 9.63. The van der Waals surface area contributed by atoms with Crippen LogP contribution in [-0.4, -0.2) is 36.6 Å². The molecule has 248 valence electrons. The number of fused-ring (bicyclic) bond motifs is 1. The van der Waals surface area contributed by atoms with Crippen molar-refractivity contribution in [3.63, 3.8) is 0 Å². The molecule has 6 aromatic rings. The summed E-state index contributed by atoms with van der Waals surface area (Å²) in [6, 6.07) is 31.2. The third-order valence-electron chi connectivity index (χ3n) is 8.86. The van der Waals surface area contributed by atoms with Gasteiger partial charge in [-0.1, -0.05) is 115 Å². The van der Waals surface area contributed by atoms with Crippen LogP contribution in [0.2, 0.25) is 10.3 Å². The normalized spacial score (nSPS) is 19.2. The van der Waals surface area contributed by atoms with E-state index >= 15 is 0 Å². The van der Waals surface area contributed by atoms with Gasteiger partial charge in [-0.3, -0.25) is 9.78 Å². The van der Waals surface area contributed by atoms with E-state index in [2.05, 4.69) is 27.2 Å². The van der Waals surface area contributed by atoms with Gasteiger partial charge in [-0.2, -0.15) is 0 Å². The largest absolute Gasteiger partial charge is 0.392 e. The van der Waals surface area contributed by atoms with Crippen LogP contribution in [0.25, 0.3) is 22.2 Å². The van der Waals surface area contributed by atoms with E-state index < -0.39 is 6.29 Å². The lowest BCUT2D eigenvalue weighted by molar-refractivity contribution is -0.276. The fourth-order valence-corrected chi connectivity index (χ4v) is 6.41. The van der Waals surface area contributed by atoms with Gasteiger partial charge in [0.15, 0.2) is 11.4 Å². The highest BCUT2D eigenvalue weighted by atomic mass is 35.5. The van der Waals surface area contributed by atoms with Gasteiger partial charge in [-0.05, 0) is 39.9 Å². The van der Waals surface area contributed by atoms with Crippen LogP contribution in [-0.2, 0) is 29.2 Å². The Labute approximate surface area is 293 Å². The Morgan fingerprint density at radius 3 is 2.33 bits per heavy atom. The predicted octanol–water partition coefficient (Wildman–Crippen LogP) is 7.71. The highest BCUT2D eigenvalue weighted by Gasteiger charge is 2.39. The van der Waals surface area contributed by atoms with Crippen LogP contribution < -0.4 is 5.32 Å². The number of para-hydroxylation sites is 2. The van der Waals surface area contributed by atoms with Gasteiger partial charge in [0, 0.05) is 18.0 Å². The number of aliphatic hydroxyl groups excluding tert-OH is 1. The lowest BCUT2D eigenvalue weighted by Gasteiger charge is -2.41. The quantitative estimate of drug-likeness (QED) is 0.160.